The number of nitrogens with one attached hydrogen (secondary N) is 1. The molecule has 0 bridgehead atoms. The first kappa shape index (κ1) is 25.6. The molecule has 0 saturated heterocycles. The van der Waals surface area contributed by atoms with Crippen molar-refractivity contribution in [2.75, 3.05) is 14.2 Å². The Labute approximate surface area is 214 Å². The minimum atomic E-state index is -0.629. The summed E-state index contributed by atoms with van der Waals surface area (Å²) in [6.07, 6.45) is 5.43. The number of benzene rings is 1. The number of carbonyl (C=O) groups excluding carboxylic acids is 2. The Morgan fingerprint density at radius 1 is 1.17 bits per heavy atom. The maximum atomic E-state index is 13.4. The van der Waals surface area contributed by atoms with Gasteiger partial charge in [0.25, 0.3) is 0 Å². The van der Waals surface area contributed by atoms with Crippen LogP contribution in [0.3, 0.4) is 0 Å². The minimum absolute atomic E-state index is 0.132. The van der Waals surface area contributed by atoms with Crippen LogP contribution in [0, 0.1) is 0 Å². The molecule has 2 aromatic heterocycles. The van der Waals surface area contributed by atoms with Crippen LogP contribution in [0.5, 0.6) is 11.5 Å². The number of thiophene rings is 1. The number of nitrogens with zero attached hydrogens (tertiary/aromatic N) is 5. The molecule has 0 spiro atoms. The van der Waals surface area contributed by atoms with Gasteiger partial charge in [0, 0.05) is 16.5 Å². The lowest BCUT2D eigenvalue weighted by molar-refractivity contribution is -0.141. The highest BCUT2D eigenvalue weighted by atomic mass is 32.1. The summed E-state index contributed by atoms with van der Waals surface area (Å²) < 4.78 is 10.6. The van der Waals surface area contributed by atoms with Gasteiger partial charge >= 0.3 is 0 Å². The number of ether oxygens (including phenoxy) is 2. The molecule has 11 heteroatoms. The van der Waals surface area contributed by atoms with Crippen molar-refractivity contribution in [3.8, 4) is 22.9 Å². The number of hydrogen-bond donors (Lipinski definition) is 1. The Morgan fingerprint density at radius 3 is 2.64 bits per heavy atom. The lowest BCUT2D eigenvalue weighted by Gasteiger charge is -2.30. The Kier molecular flexibility index (Phi) is 8.52. The van der Waals surface area contributed by atoms with Crippen molar-refractivity contribution in [1.29, 1.82) is 0 Å². The molecule has 4 rings (SSSR count). The molecule has 1 aliphatic carbocycles. The number of carbonyl (C=O) groups is 2. The second kappa shape index (κ2) is 12.0. The number of tetrazole rings is 1. The first-order valence-corrected chi connectivity index (χ1v) is 13.0. The molecule has 1 saturated carbocycles. The molecule has 0 unspecified atom stereocenters. The Bertz CT molecular complexity index is 1160. The standard InChI is InChI=1S/C25H32N6O4S/c1-17(25(33)26-19-8-5-4-6-9-19)30(15-20-10-7-13-36-20)23(32)16-31-28-24(27-29-31)18-11-12-21(34-2)22(14-18)35-3/h7,10-14,17,19H,4-6,8-9,15-16H2,1-3H3,(H,26,33)/t17-/m0/s1. The van der Waals surface area contributed by atoms with Gasteiger partial charge in [-0.2, -0.15) is 4.80 Å². The molecular formula is C25H32N6O4S. The van der Waals surface area contributed by atoms with E-state index in [-0.39, 0.29) is 24.4 Å². The molecule has 2 heterocycles. The fraction of sp³-hybridized carbons (Fsp3) is 0.480. The maximum absolute atomic E-state index is 13.4. The molecule has 0 radical (unpaired) electrons. The topological polar surface area (TPSA) is 111 Å². The van der Waals surface area contributed by atoms with Gasteiger partial charge in [0.15, 0.2) is 11.5 Å². The average molecular weight is 513 g/mol. The van der Waals surface area contributed by atoms with Crippen molar-refractivity contribution in [3.63, 3.8) is 0 Å². The third kappa shape index (κ3) is 6.20. The summed E-state index contributed by atoms with van der Waals surface area (Å²) in [7, 11) is 3.12. The normalized spacial score (nSPS) is 14.8. The van der Waals surface area contributed by atoms with Crippen molar-refractivity contribution in [2.45, 2.75) is 64.2 Å². The van der Waals surface area contributed by atoms with Crippen LogP contribution < -0.4 is 14.8 Å². The highest BCUT2D eigenvalue weighted by Gasteiger charge is 2.29. The Hall–Kier alpha value is -3.47. The SMILES string of the molecule is COc1ccc(-c2nnn(CC(=O)N(Cc3cccs3)[C@@H](C)C(=O)NC3CCCCC3)n2)cc1OC. The summed E-state index contributed by atoms with van der Waals surface area (Å²) in [6.45, 7) is 1.98. The zero-order valence-electron chi connectivity index (χ0n) is 20.8. The van der Waals surface area contributed by atoms with Crippen LogP contribution in [0.15, 0.2) is 35.7 Å². The fourth-order valence-electron chi connectivity index (χ4n) is 4.33. The van der Waals surface area contributed by atoms with Gasteiger partial charge in [-0.25, -0.2) is 0 Å². The fourth-order valence-corrected chi connectivity index (χ4v) is 5.04. The molecule has 36 heavy (non-hydrogen) atoms. The highest BCUT2D eigenvalue weighted by Crippen LogP contribution is 2.30. The van der Waals surface area contributed by atoms with Crippen molar-refractivity contribution < 1.29 is 19.1 Å². The van der Waals surface area contributed by atoms with E-state index in [2.05, 4.69) is 20.7 Å². The van der Waals surface area contributed by atoms with E-state index in [4.69, 9.17) is 9.47 Å². The van der Waals surface area contributed by atoms with E-state index in [0.29, 0.717) is 29.4 Å². The minimum Gasteiger partial charge on any atom is -0.493 e. The van der Waals surface area contributed by atoms with E-state index < -0.39 is 6.04 Å². The molecule has 3 aromatic rings. The van der Waals surface area contributed by atoms with Crippen molar-refractivity contribution in [2.24, 2.45) is 0 Å². The van der Waals surface area contributed by atoms with Crippen LogP contribution in [0.25, 0.3) is 11.4 Å². The number of aromatic nitrogens is 4. The third-order valence-corrected chi connectivity index (χ3v) is 7.26. The molecule has 2 amide bonds. The smallest absolute Gasteiger partial charge is 0.247 e. The summed E-state index contributed by atoms with van der Waals surface area (Å²) in [5, 5.41) is 17.6. The predicted molar refractivity (Wildman–Crippen MR) is 136 cm³/mol. The van der Waals surface area contributed by atoms with Gasteiger partial charge < -0.3 is 19.7 Å². The Morgan fingerprint density at radius 2 is 1.94 bits per heavy atom. The molecule has 192 valence electrons. The molecule has 1 fully saturated rings. The van der Waals surface area contributed by atoms with Crippen molar-refractivity contribution >= 4 is 23.2 Å². The van der Waals surface area contributed by atoms with Gasteiger partial charge in [0.2, 0.25) is 17.6 Å². The summed E-state index contributed by atoms with van der Waals surface area (Å²) in [4.78, 5) is 30.3. The van der Waals surface area contributed by atoms with Crippen LogP contribution in [0.2, 0.25) is 0 Å². The highest BCUT2D eigenvalue weighted by molar-refractivity contribution is 7.09. The number of hydrogen-bond acceptors (Lipinski definition) is 8. The molecule has 0 aliphatic heterocycles. The first-order valence-electron chi connectivity index (χ1n) is 12.1. The molecule has 1 N–H and O–H groups in total. The summed E-state index contributed by atoms with van der Waals surface area (Å²) in [6, 6.07) is 8.75. The van der Waals surface area contributed by atoms with Gasteiger partial charge in [0.05, 0.1) is 20.8 Å². The number of methoxy groups -OCH3 is 2. The lowest BCUT2D eigenvalue weighted by atomic mass is 9.95. The van der Waals surface area contributed by atoms with Crippen LogP contribution in [-0.2, 0) is 22.7 Å². The monoisotopic (exact) mass is 512 g/mol. The van der Waals surface area contributed by atoms with Crippen molar-refractivity contribution in [3.05, 3.63) is 40.6 Å². The molecular weight excluding hydrogens is 480 g/mol. The van der Waals surface area contributed by atoms with E-state index in [1.54, 1.807) is 55.6 Å². The maximum Gasteiger partial charge on any atom is 0.247 e. The molecule has 1 aliphatic rings. The molecule has 10 nitrogen and oxygen atoms in total. The van der Waals surface area contributed by atoms with Gasteiger partial charge in [-0.15, -0.1) is 21.5 Å². The Balaban J connectivity index is 1.48. The van der Waals surface area contributed by atoms with Gasteiger partial charge in [-0.1, -0.05) is 25.3 Å². The van der Waals surface area contributed by atoms with Crippen LogP contribution >= 0.6 is 11.3 Å². The zero-order valence-corrected chi connectivity index (χ0v) is 21.7. The van der Waals surface area contributed by atoms with Crippen LogP contribution in [0.4, 0.5) is 0 Å². The quantitative estimate of drug-likeness (QED) is 0.444. The molecule has 1 aromatic carbocycles. The van der Waals surface area contributed by atoms with E-state index in [9.17, 15) is 9.59 Å². The molecule has 1 atom stereocenters. The van der Waals surface area contributed by atoms with E-state index >= 15 is 0 Å². The second-order valence-corrected chi connectivity index (χ2v) is 9.87. The first-order chi connectivity index (χ1) is 17.5. The third-order valence-electron chi connectivity index (χ3n) is 6.40. The summed E-state index contributed by atoms with van der Waals surface area (Å²) >= 11 is 1.55. The van der Waals surface area contributed by atoms with Gasteiger partial charge in [-0.05, 0) is 54.6 Å². The van der Waals surface area contributed by atoms with Crippen LogP contribution in [-0.4, -0.2) is 63.2 Å². The number of amides is 2. The predicted octanol–water partition coefficient (Wildman–Crippen LogP) is 3.29. The van der Waals surface area contributed by atoms with E-state index in [0.717, 1.165) is 30.6 Å². The summed E-state index contributed by atoms with van der Waals surface area (Å²) in [5.74, 6) is 1.10. The van der Waals surface area contributed by atoms with Crippen LogP contribution in [0.1, 0.15) is 43.9 Å². The van der Waals surface area contributed by atoms with Gasteiger partial charge in [0.1, 0.15) is 12.6 Å². The summed E-state index contributed by atoms with van der Waals surface area (Å²) in [5.41, 5.74) is 0.682. The van der Waals surface area contributed by atoms with Gasteiger partial charge in [-0.3, -0.25) is 9.59 Å². The number of rotatable bonds is 10. The average Bonchev–Trinajstić information content (AvgIpc) is 3.59. The van der Waals surface area contributed by atoms with E-state index in [1.165, 1.54) is 11.2 Å². The van der Waals surface area contributed by atoms with Crippen molar-refractivity contribution in [1.82, 2.24) is 30.4 Å². The largest absolute Gasteiger partial charge is 0.493 e. The zero-order chi connectivity index (χ0) is 25.5. The lowest BCUT2D eigenvalue weighted by Crippen LogP contribution is -2.51. The second-order valence-electron chi connectivity index (χ2n) is 8.83. The van der Waals surface area contributed by atoms with E-state index in [1.807, 2.05) is 17.5 Å².